The molecule has 1 aromatic heterocycles. The maximum Gasteiger partial charge on any atom is 0.191 e. The van der Waals surface area contributed by atoms with Crippen molar-refractivity contribution in [2.45, 2.75) is 39.8 Å². The zero-order valence-corrected chi connectivity index (χ0v) is 15.1. The highest BCUT2D eigenvalue weighted by atomic mass is 32.2. The highest BCUT2D eigenvalue weighted by Crippen LogP contribution is 2.17. The second kappa shape index (κ2) is 7.46. The molecular weight excluding hydrogens is 318 g/mol. The zero-order valence-electron chi connectivity index (χ0n) is 13.4. The molecule has 0 radical (unpaired) electrons. The average molecular weight is 344 g/mol. The van der Waals surface area contributed by atoms with Gasteiger partial charge in [0.1, 0.15) is 0 Å². The van der Waals surface area contributed by atoms with Crippen LogP contribution in [0.3, 0.4) is 0 Å². The number of nitrogens with zero attached hydrogens (tertiary/aromatic N) is 1. The lowest BCUT2D eigenvalue weighted by Crippen LogP contribution is -2.43. The number of aliphatic imine (C=N–C) groups is 1. The van der Waals surface area contributed by atoms with Crippen LogP contribution in [0.25, 0.3) is 0 Å². The number of nitrogens with one attached hydrogen (secondary N) is 2. The van der Waals surface area contributed by atoms with Gasteiger partial charge in [-0.1, -0.05) is 0 Å². The van der Waals surface area contributed by atoms with Gasteiger partial charge in [0.05, 0.1) is 18.1 Å². The summed E-state index contributed by atoms with van der Waals surface area (Å²) in [7, 11) is -2.82. The predicted molar refractivity (Wildman–Crippen MR) is 93.2 cm³/mol. The summed E-state index contributed by atoms with van der Waals surface area (Å²) in [6.07, 6.45) is 0.744. The molecule has 0 bridgehead atoms. The third kappa shape index (κ3) is 5.61. The lowest BCUT2D eigenvalue weighted by molar-refractivity contribution is 0.562. The molecule has 22 heavy (non-hydrogen) atoms. The molecule has 0 aliphatic carbocycles. The van der Waals surface area contributed by atoms with Crippen molar-refractivity contribution < 1.29 is 8.42 Å². The van der Waals surface area contributed by atoms with E-state index in [0.717, 1.165) is 12.4 Å². The highest BCUT2D eigenvalue weighted by molar-refractivity contribution is 7.91. The van der Waals surface area contributed by atoms with Crippen LogP contribution >= 0.6 is 11.3 Å². The van der Waals surface area contributed by atoms with Crippen molar-refractivity contribution in [2.24, 2.45) is 10.9 Å². The van der Waals surface area contributed by atoms with Gasteiger partial charge in [-0.3, -0.25) is 0 Å². The number of hydrogen-bond acceptors (Lipinski definition) is 4. The Labute approximate surface area is 137 Å². The third-order valence-electron chi connectivity index (χ3n) is 3.50. The van der Waals surface area contributed by atoms with Gasteiger partial charge in [-0.25, -0.2) is 13.4 Å². The van der Waals surface area contributed by atoms with E-state index >= 15 is 0 Å². The Morgan fingerprint density at radius 2 is 2.23 bits per heavy atom. The Kier molecular flexibility index (Phi) is 5.86. The molecule has 0 amide bonds. The summed E-state index contributed by atoms with van der Waals surface area (Å²) >= 11 is 1.75. The SMILES string of the molecule is Cc1ccc(CN=C(NCC2CCS(=O)(=O)C2)NC(C)C)s1. The number of rotatable bonds is 5. The third-order valence-corrected chi connectivity index (χ3v) is 6.32. The fourth-order valence-corrected chi connectivity index (χ4v) is 5.10. The Bertz CT molecular complexity index is 620. The minimum atomic E-state index is -2.82. The van der Waals surface area contributed by atoms with Crippen molar-refractivity contribution >= 4 is 27.1 Å². The normalized spacial score (nSPS) is 21.3. The van der Waals surface area contributed by atoms with Crippen molar-refractivity contribution in [2.75, 3.05) is 18.1 Å². The van der Waals surface area contributed by atoms with Gasteiger partial charge in [-0.05, 0) is 45.2 Å². The van der Waals surface area contributed by atoms with E-state index in [9.17, 15) is 8.42 Å². The molecule has 1 aliphatic rings. The maximum absolute atomic E-state index is 11.5. The summed E-state index contributed by atoms with van der Waals surface area (Å²) in [6, 6.07) is 4.48. The highest BCUT2D eigenvalue weighted by Gasteiger charge is 2.27. The second-order valence-corrected chi connectivity index (χ2v) is 9.73. The van der Waals surface area contributed by atoms with Crippen molar-refractivity contribution in [1.29, 1.82) is 0 Å². The molecule has 1 unspecified atom stereocenters. The van der Waals surface area contributed by atoms with E-state index in [2.05, 4.69) is 48.5 Å². The van der Waals surface area contributed by atoms with E-state index in [0.29, 0.717) is 24.6 Å². The zero-order chi connectivity index (χ0) is 16.2. The summed E-state index contributed by atoms with van der Waals surface area (Å²) in [4.78, 5) is 7.11. The van der Waals surface area contributed by atoms with E-state index in [1.807, 2.05) is 0 Å². The van der Waals surface area contributed by atoms with E-state index in [1.54, 1.807) is 11.3 Å². The van der Waals surface area contributed by atoms with Gasteiger partial charge in [-0.15, -0.1) is 11.3 Å². The Morgan fingerprint density at radius 1 is 1.45 bits per heavy atom. The lowest BCUT2D eigenvalue weighted by Gasteiger charge is -2.17. The minimum absolute atomic E-state index is 0.188. The molecule has 0 spiro atoms. The summed E-state index contributed by atoms with van der Waals surface area (Å²) in [6.45, 7) is 7.51. The molecule has 5 nitrogen and oxygen atoms in total. The fourth-order valence-electron chi connectivity index (χ4n) is 2.43. The van der Waals surface area contributed by atoms with Crippen molar-refractivity contribution in [1.82, 2.24) is 10.6 Å². The van der Waals surface area contributed by atoms with Gasteiger partial charge >= 0.3 is 0 Å². The molecule has 0 saturated carbocycles. The van der Waals surface area contributed by atoms with Gasteiger partial charge < -0.3 is 10.6 Å². The van der Waals surface area contributed by atoms with Gasteiger partial charge in [0.25, 0.3) is 0 Å². The predicted octanol–water partition coefficient (Wildman–Crippen LogP) is 1.93. The number of aryl methyl sites for hydroxylation is 1. The van der Waals surface area contributed by atoms with Gasteiger partial charge in [-0.2, -0.15) is 0 Å². The smallest absolute Gasteiger partial charge is 0.191 e. The summed E-state index contributed by atoms with van der Waals surface area (Å²) < 4.78 is 23.0. The van der Waals surface area contributed by atoms with E-state index < -0.39 is 9.84 Å². The summed E-state index contributed by atoms with van der Waals surface area (Å²) in [5.74, 6) is 1.55. The Balaban J connectivity index is 1.91. The maximum atomic E-state index is 11.5. The average Bonchev–Trinajstić information content (AvgIpc) is 2.98. The van der Waals surface area contributed by atoms with Crippen molar-refractivity contribution in [3.05, 3.63) is 21.9 Å². The molecule has 2 rings (SSSR count). The number of thiophene rings is 1. The monoisotopic (exact) mass is 343 g/mol. The molecule has 7 heteroatoms. The van der Waals surface area contributed by atoms with Crippen LogP contribution in [0.2, 0.25) is 0 Å². The van der Waals surface area contributed by atoms with Crippen LogP contribution in [0.1, 0.15) is 30.0 Å². The second-order valence-electron chi connectivity index (χ2n) is 6.13. The summed E-state index contributed by atoms with van der Waals surface area (Å²) in [5, 5.41) is 6.58. The molecule has 1 fully saturated rings. The summed E-state index contributed by atoms with van der Waals surface area (Å²) in [5.41, 5.74) is 0. The Morgan fingerprint density at radius 3 is 2.77 bits per heavy atom. The first kappa shape index (κ1) is 17.3. The van der Waals surface area contributed by atoms with E-state index in [-0.39, 0.29) is 12.0 Å². The van der Waals surface area contributed by atoms with Crippen LogP contribution in [0.5, 0.6) is 0 Å². The van der Waals surface area contributed by atoms with Gasteiger partial charge in [0, 0.05) is 22.3 Å². The van der Waals surface area contributed by atoms with Crippen LogP contribution in [0.15, 0.2) is 17.1 Å². The molecule has 1 saturated heterocycles. The lowest BCUT2D eigenvalue weighted by atomic mass is 10.1. The molecule has 1 atom stereocenters. The quantitative estimate of drug-likeness (QED) is 0.633. The first-order valence-corrected chi connectivity index (χ1v) is 10.3. The van der Waals surface area contributed by atoms with Crippen LogP contribution in [0.4, 0.5) is 0 Å². The number of sulfone groups is 1. The molecule has 2 heterocycles. The molecule has 2 N–H and O–H groups in total. The molecule has 0 aromatic carbocycles. The van der Waals surface area contributed by atoms with E-state index in [1.165, 1.54) is 9.75 Å². The number of hydrogen-bond donors (Lipinski definition) is 2. The molecular formula is C15H25N3O2S2. The topological polar surface area (TPSA) is 70.6 Å². The van der Waals surface area contributed by atoms with Crippen molar-refractivity contribution in [3.63, 3.8) is 0 Å². The first-order chi connectivity index (χ1) is 10.3. The molecule has 124 valence electrons. The first-order valence-electron chi connectivity index (χ1n) is 7.64. The van der Waals surface area contributed by atoms with Crippen LogP contribution in [0, 0.1) is 12.8 Å². The number of guanidine groups is 1. The van der Waals surface area contributed by atoms with Crippen LogP contribution in [-0.2, 0) is 16.4 Å². The van der Waals surface area contributed by atoms with Crippen molar-refractivity contribution in [3.8, 4) is 0 Å². The molecule has 1 aliphatic heterocycles. The standard InChI is InChI=1S/C15H25N3O2S2/c1-11(2)18-15(17-9-14-5-4-12(3)21-14)16-8-13-6-7-22(19,20)10-13/h4-5,11,13H,6-10H2,1-3H3,(H2,16,17,18). The fraction of sp³-hybridized carbons (Fsp3) is 0.667. The van der Waals surface area contributed by atoms with E-state index in [4.69, 9.17) is 0 Å². The van der Waals surface area contributed by atoms with Crippen LogP contribution in [-0.4, -0.2) is 38.5 Å². The minimum Gasteiger partial charge on any atom is -0.356 e. The Hall–Kier alpha value is -1.08. The van der Waals surface area contributed by atoms with Gasteiger partial charge in [0.2, 0.25) is 0 Å². The molecule has 1 aromatic rings. The van der Waals surface area contributed by atoms with Crippen LogP contribution < -0.4 is 10.6 Å². The largest absolute Gasteiger partial charge is 0.356 e. The van der Waals surface area contributed by atoms with Gasteiger partial charge in [0.15, 0.2) is 15.8 Å².